The number of rotatable bonds is 1. The van der Waals surface area contributed by atoms with Gasteiger partial charge in [0, 0.05) is 0 Å². The van der Waals surface area contributed by atoms with Crippen LogP contribution < -0.4 is 5.32 Å². The normalized spacial score (nSPS) is 40.5. The molecule has 0 bridgehead atoms. The standard InChI is InChI=1S/C11H21N/c1-11(2)6-3-4-10(11)9-5-7-12-8-9/h9-10,12H,3-8H2,1-2H3/t9-,10-/m1/s1. The Hall–Kier alpha value is -0.0400. The lowest BCUT2D eigenvalue weighted by Crippen LogP contribution is -2.27. The molecule has 0 aromatic heterocycles. The van der Waals surface area contributed by atoms with Crippen molar-refractivity contribution >= 4 is 0 Å². The summed E-state index contributed by atoms with van der Waals surface area (Å²) in [5.74, 6) is 2.00. The topological polar surface area (TPSA) is 12.0 Å². The predicted octanol–water partition coefficient (Wildman–Crippen LogP) is 2.42. The molecule has 0 unspecified atom stereocenters. The van der Waals surface area contributed by atoms with Crippen LogP contribution in [0.25, 0.3) is 0 Å². The molecule has 0 spiro atoms. The van der Waals surface area contributed by atoms with E-state index in [1.165, 1.54) is 38.8 Å². The molecular weight excluding hydrogens is 146 g/mol. The average molecular weight is 167 g/mol. The lowest BCUT2D eigenvalue weighted by atomic mass is 9.74. The Morgan fingerprint density at radius 1 is 1.25 bits per heavy atom. The van der Waals surface area contributed by atoms with Gasteiger partial charge in [0.1, 0.15) is 0 Å². The van der Waals surface area contributed by atoms with Gasteiger partial charge in [-0.2, -0.15) is 0 Å². The molecule has 2 aliphatic rings. The van der Waals surface area contributed by atoms with Gasteiger partial charge >= 0.3 is 0 Å². The van der Waals surface area contributed by atoms with E-state index in [0.29, 0.717) is 5.41 Å². The maximum atomic E-state index is 3.49. The van der Waals surface area contributed by atoms with Crippen molar-refractivity contribution < 1.29 is 0 Å². The van der Waals surface area contributed by atoms with E-state index in [9.17, 15) is 0 Å². The highest BCUT2D eigenvalue weighted by Gasteiger charge is 2.39. The molecule has 1 heteroatoms. The van der Waals surface area contributed by atoms with Crippen LogP contribution >= 0.6 is 0 Å². The first-order chi connectivity index (χ1) is 5.70. The van der Waals surface area contributed by atoms with Crippen LogP contribution in [0.1, 0.15) is 39.5 Å². The van der Waals surface area contributed by atoms with Crippen LogP contribution in [0, 0.1) is 17.3 Å². The van der Waals surface area contributed by atoms with E-state index in [0.717, 1.165) is 11.8 Å². The maximum Gasteiger partial charge on any atom is -0.00172 e. The largest absolute Gasteiger partial charge is 0.316 e. The monoisotopic (exact) mass is 167 g/mol. The second-order valence-electron chi connectivity index (χ2n) is 5.24. The summed E-state index contributed by atoms with van der Waals surface area (Å²) < 4.78 is 0. The summed E-state index contributed by atoms with van der Waals surface area (Å²) in [6.07, 6.45) is 5.83. The van der Waals surface area contributed by atoms with Gasteiger partial charge in [-0.05, 0) is 49.6 Å². The van der Waals surface area contributed by atoms with Crippen molar-refractivity contribution in [1.29, 1.82) is 0 Å². The Bertz CT molecular complexity index is 156. The lowest BCUT2D eigenvalue weighted by molar-refractivity contribution is 0.187. The third-order valence-electron chi connectivity index (χ3n) is 4.01. The fourth-order valence-corrected chi connectivity index (χ4v) is 3.25. The van der Waals surface area contributed by atoms with Crippen LogP contribution in [-0.4, -0.2) is 13.1 Å². The number of nitrogens with one attached hydrogen (secondary N) is 1. The van der Waals surface area contributed by atoms with Gasteiger partial charge in [0.05, 0.1) is 0 Å². The molecule has 70 valence electrons. The van der Waals surface area contributed by atoms with Gasteiger partial charge in [0.25, 0.3) is 0 Å². The van der Waals surface area contributed by atoms with E-state index in [1.807, 2.05) is 0 Å². The van der Waals surface area contributed by atoms with Gasteiger partial charge in [-0.25, -0.2) is 0 Å². The highest BCUT2D eigenvalue weighted by Crippen LogP contribution is 2.47. The van der Waals surface area contributed by atoms with Gasteiger partial charge in [0.15, 0.2) is 0 Å². The number of hydrogen-bond acceptors (Lipinski definition) is 1. The van der Waals surface area contributed by atoms with E-state index < -0.39 is 0 Å². The molecule has 2 atom stereocenters. The lowest BCUT2D eigenvalue weighted by Gasteiger charge is -2.31. The first-order valence-corrected chi connectivity index (χ1v) is 5.41. The minimum absolute atomic E-state index is 0.636. The fraction of sp³-hybridized carbons (Fsp3) is 1.00. The summed E-state index contributed by atoms with van der Waals surface area (Å²) in [6.45, 7) is 7.47. The highest BCUT2D eigenvalue weighted by molar-refractivity contribution is 4.91. The van der Waals surface area contributed by atoms with Gasteiger partial charge in [-0.15, -0.1) is 0 Å². The minimum atomic E-state index is 0.636. The summed E-state index contributed by atoms with van der Waals surface area (Å²) in [7, 11) is 0. The van der Waals surface area contributed by atoms with E-state index in [-0.39, 0.29) is 0 Å². The quantitative estimate of drug-likeness (QED) is 0.632. The molecule has 12 heavy (non-hydrogen) atoms. The van der Waals surface area contributed by atoms with Crippen molar-refractivity contribution in [3.63, 3.8) is 0 Å². The summed E-state index contributed by atoms with van der Waals surface area (Å²) in [5.41, 5.74) is 0.636. The summed E-state index contributed by atoms with van der Waals surface area (Å²) in [4.78, 5) is 0. The molecule has 0 aromatic carbocycles. The van der Waals surface area contributed by atoms with Crippen molar-refractivity contribution in [2.45, 2.75) is 39.5 Å². The third kappa shape index (κ3) is 1.39. The van der Waals surface area contributed by atoms with Crippen molar-refractivity contribution in [2.75, 3.05) is 13.1 Å². The zero-order valence-electron chi connectivity index (χ0n) is 8.40. The summed E-state index contributed by atoms with van der Waals surface area (Å²) >= 11 is 0. The van der Waals surface area contributed by atoms with Crippen LogP contribution in [0.4, 0.5) is 0 Å². The average Bonchev–Trinajstić information content (AvgIpc) is 2.55. The van der Waals surface area contributed by atoms with Crippen molar-refractivity contribution in [3.8, 4) is 0 Å². The molecular formula is C11H21N. The van der Waals surface area contributed by atoms with E-state index in [4.69, 9.17) is 0 Å². The molecule has 1 aliphatic carbocycles. The first-order valence-electron chi connectivity index (χ1n) is 5.41. The minimum Gasteiger partial charge on any atom is -0.316 e. The van der Waals surface area contributed by atoms with Crippen molar-refractivity contribution in [1.82, 2.24) is 5.32 Å². The molecule has 0 radical (unpaired) electrons. The number of hydrogen-bond donors (Lipinski definition) is 1. The Balaban J connectivity index is 2.02. The molecule has 1 aliphatic heterocycles. The molecule has 1 saturated heterocycles. The van der Waals surface area contributed by atoms with Crippen LogP contribution in [0.15, 0.2) is 0 Å². The maximum absolute atomic E-state index is 3.49. The smallest absolute Gasteiger partial charge is 0.00172 e. The molecule has 1 nitrogen and oxygen atoms in total. The third-order valence-corrected chi connectivity index (χ3v) is 4.01. The van der Waals surface area contributed by atoms with Crippen LogP contribution in [-0.2, 0) is 0 Å². The molecule has 0 aromatic rings. The van der Waals surface area contributed by atoms with Crippen molar-refractivity contribution in [3.05, 3.63) is 0 Å². The molecule has 1 N–H and O–H groups in total. The van der Waals surface area contributed by atoms with Gasteiger partial charge in [0.2, 0.25) is 0 Å². The molecule has 2 fully saturated rings. The zero-order valence-corrected chi connectivity index (χ0v) is 8.40. The predicted molar refractivity (Wildman–Crippen MR) is 52.1 cm³/mol. The zero-order chi connectivity index (χ0) is 8.60. The Morgan fingerprint density at radius 2 is 2.08 bits per heavy atom. The van der Waals surface area contributed by atoms with E-state index >= 15 is 0 Å². The van der Waals surface area contributed by atoms with Crippen LogP contribution in [0.2, 0.25) is 0 Å². The Morgan fingerprint density at radius 3 is 2.58 bits per heavy atom. The highest BCUT2D eigenvalue weighted by atomic mass is 14.9. The van der Waals surface area contributed by atoms with E-state index in [1.54, 1.807) is 0 Å². The summed E-state index contributed by atoms with van der Waals surface area (Å²) in [6, 6.07) is 0. The fourth-order valence-electron chi connectivity index (χ4n) is 3.25. The van der Waals surface area contributed by atoms with Gasteiger partial charge in [-0.3, -0.25) is 0 Å². The summed E-state index contributed by atoms with van der Waals surface area (Å²) in [5, 5.41) is 3.49. The van der Waals surface area contributed by atoms with Crippen LogP contribution in [0.5, 0.6) is 0 Å². The molecule has 0 amide bonds. The second kappa shape index (κ2) is 3.02. The van der Waals surface area contributed by atoms with Gasteiger partial charge < -0.3 is 5.32 Å². The van der Waals surface area contributed by atoms with Gasteiger partial charge in [-0.1, -0.05) is 20.3 Å². The Kier molecular flexibility index (Phi) is 2.16. The molecule has 1 saturated carbocycles. The van der Waals surface area contributed by atoms with E-state index in [2.05, 4.69) is 19.2 Å². The SMILES string of the molecule is CC1(C)CCC[C@@H]1[C@@H]1CCNC1. The van der Waals surface area contributed by atoms with Crippen molar-refractivity contribution in [2.24, 2.45) is 17.3 Å². The Labute approximate surface area is 75.9 Å². The second-order valence-corrected chi connectivity index (χ2v) is 5.24. The molecule has 2 rings (SSSR count). The molecule has 1 heterocycles. The van der Waals surface area contributed by atoms with Crippen LogP contribution in [0.3, 0.4) is 0 Å². The first kappa shape index (κ1) is 8.55.